The van der Waals surface area contributed by atoms with Gasteiger partial charge in [0.15, 0.2) is 0 Å². The van der Waals surface area contributed by atoms with Crippen molar-refractivity contribution in [2.45, 2.75) is 6.92 Å². The van der Waals surface area contributed by atoms with E-state index in [-0.39, 0.29) is 0 Å². The lowest BCUT2D eigenvalue weighted by Gasteiger charge is -2.11. The maximum Gasteiger partial charge on any atom is 0.0765 e. The smallest absolute Gasteiger partial charge is 0.0765 e. The number of anilines is 2. The molecule has 4 rings (SSSR count). The van der Waals surface area contributed by atoms with E-state index in [9.17, 15) is 0 Å². The Morgan fingerprint density at radius 3 is 2.73 bits per heavy atom. The third kappa shape index (κ3) is 2.18. The molecular formula is C17H13ClN4. The molecule has 2 N–H and O–H groups in total. The van der Waals surface area contributed by atoms with Crippen LogP contribution in [0.3, 0.4) is 0 Å². The molecule has 4 aromatic rings. The van der Waals surface area contributed by atoms with E-state index in [0.29, 0.717) is 0 Å². The van der Waals surface area contributed by atoms with Gasteiger partial charge in [-0.1, -0.05) is 11.6 Å². The second-order valence-electron chi connectivity index (χ2n) is 5.24. The zero-order valence-electron chi connectivity index (χ0n) is 11.9. The van der Waals surface area contributed by atoms with E-state index < -0.39 is 0 Å². The number of hydrogen-bond acceptors (Lipinski definition) is 3. The molecule has 2 aromatic heterocycles. The van der Waals surface area contributed by atoms with Crippen molar-refractivity contribution in [3.8, 4) is 0 Å². The average Bonchev–Trinajstić information content (AvgIpc) is 2.97. The molecule has 5 heteroatoms. The monoisotopic (exact) mass is 308 g/mol. The Hall–Kier alpha value is -2.59. The van der Waals surface area contributed by atoms with Crippen molar-refractivity contribution in [1.82, 2.24) is 15.2 Å². The average molecular weight is 309 g/mol. The largest absolute Gasteiger partial charge is 0.355 e. The van der Waals surface area contributed by atoms with E-state index in [1.54, 1.807) is 0 Å². The van der Waals surface area contributed by atoms with Crippen LogP contribution in [0.1, 0.15) is 5.69 Å². The highest BCUT2D eigenvalue weighted by atomic mass is 35.5. The number of pyridine rings is 1. The van der Waals surface area contributed by atoms with Gasteiger partial charge in [0, 0.05) is 27.2 Å². The molecule has 108 valence electrons. The van der Waals surface area contributed by atoms with E-state index >= 15 is 0 Å². The Morgan fingerprint density at radius 1 is 1.09 bits per heavy atom. The number of halogens is 1. The highest BCUT2D eigenvalue weighted by Crippen LogP contribution is 2.31. The van der Waals surface area contributed by atoms with Crippen molar-refractivity contribution in [3.05, 3.63) is 59.4 Å². The third-order valence-corrected chi connectivity index (χ3v) is 3.89. The first-order valence-corrected chi connectivity index (χ1v) is 7.34. The molecule has 0 spiro atoms. The summed E-state index contributed by atoms with van der Waals surface area (Å²) in [6.45, 7) is 1.99. The van der Waals surface area contributed by atoms with Gasteiger partial charge in [0.2, 0.25) is 0 Å². The van der Waals surface area contributed by atoms with Crippen LogP contribution < -0.4 is 5.32 Å². The first kappa shape index (κ1) is 13.1. The maximum atomic E-state index is 5.95. The molecule has 0 saturated heterocycles. The van der Waals surface area contributed by atoms with Crippen LogP contribution in [0.4, 0.5) is 11.4 Å². The normalized spacial score (nSPS) is 11.2. The van der Waals surface area contributed by atoms with E-state index in [2.05, 4.69) is 20.5 Å². The van der Waals surface area contributed by atoms with Crippen LogP contribution in [0.2, 0.25) is 5.02 Å². The van der Waals surface area contributed by atoms with Crippen molar-refractivity contribution < 1.29 is 0 Å². The van der Waals surface area contributed by atoms with Gasteiger partial charge in [-0.05, 0) is 49.4 Å². The van der Waals surface area contributed by atoms with Crippen LogP contribution in [0.15, 0.2) is 48.7 Å². The van der Waals surface area contributed by atoms with Crippen LogP contribution in [0, 0.1) is 6.92 Å². The summed E-state index contributed by atoms with van der Waals surface area (Å²) in [4.78, 5) is 4.61. The highest BCUT2D eigenvalue weighted by Gasteiger charge is 2.10. The van der Waals surface area contributed by atoms with Crippen molar-refractivity contribution in [3.63, 3.8) is 0 Å². The van der Waals surface area contributed by atoms with Gasteiger partial charge in [0.1, 0.15) is 0 Å². The molecule has 0 saturated carbocycles. The van der Waals surface area contributed by atoms with Gasteiger partial charge in [-0.15, -0.1) is 0 Å². The number of H-pyrrole nitrogens is 1. The fourth-order valence-corrected chi connectivity index (χ4v) is 2.78. The summed E-state index contributed by atoms with van der Waals surface area (Å²) in [6.07, 6.45) is 1.82. The number of hydrogen-bond donors (Lipinski definition) is 2. The van der Waals surface area contributed by atoms with Crippen LogP contribution in [0.5, 0.6) is 0 Å². The number of nitrogens with zero attached hydrogens (tertiary/aromatic N) is 2. The van der Waals surface area contributed by atoms with Crippen molar-refractivity contribution in [2.75, 3.05) is 5.32 Å². The predicted octanol–water partition coefficient (Wildman–Crippen LogP) is 4.82. The molecule has 4 nitrogen and oxygen atoms in total. The number of benzene rings is 2. The number of fused-ring (bicyclic) bond motifs is 3. The first-order chi connectivity index (χ1) is 10.7. The summed E-state index contributed by atoms with van der Waals surface area (Å²) in [5.74, 6) is 0. The third-order valence-electron chi connectivity index (χ3n) is 3.64. The van der Waals surface area contributed by atoms with Gasteiger partial charge in [0.25, 0.3) is 0 Å². The van der Waals surface area contributed by atoms with E-state index in [4.69, 9.17) is 11.6 Å². The number of aromatic amines is 1. The second-order valence-corrected chi connectivity index (χ2v) is 5.67. The SMILES string of the molecule is Cc1cc(Nc2ccc(Cl)cc2)c2c(ccc3cn[nH]c32)n1. The molecular weight excluding hydrogens is 296 g/mol. The Bertz CT molecular complexity index is 973. The standard InChI is InChI=1S/C17H13ClN4/c1-10-8-15(21-13-5-3-12(18)4-6-13)16-14(20-10)7-2-11-9-19-22-17(11)16/h2-9H,1H3,(H,19,22)(H,20,21). The van der Waals surface area contributed by atoms with Crippen molar-refractivity contribution in [2.24, 2.45) is 0 Å². The molecule has 0 aliphatic heterocycles. The molecule has 0 bridgehead atoms. The van der Waals surface area contributed by atoms with Gasteiger partial charge in [0.05, 0.1) is 22.9 Å². The van der Waals surface area contributed by atoms with Gasteiger partial charge in [-0.3, -0.25) is 10.1 Å². The summed E-state index contributed by atoms with van der Waals surface area (Å²) < 4.78 is 0. The van der Waals surface area contributed by atoms with Crippen LogP contribution in [0.25, 0.3) is 21.8 Å². The Labute approximate surface area is 132 Å². The molecule has 0 aliphatic rings. The van der Waals surface area contributed by atoms with Gasteiger partial charge >= 0.3 is 0 Å². The predicted molar refractivity (Wildman–Crippen MR) is 90.9 cm³/mol. The van der Waals surface area contributed by atoms with Gasteiger partial charge in [-0.25, -0.2) is 0 Å². The summed E-state index contributed by atoms with van der Waals surface area (Å²) in [7, 11) is 0. The fraction of sp³-hybridized carbons (Fsp3) is 0.0588. The Kier molecular flexibility index (Phi) is 2.98. The quantitative estimate of drug-likeness (QED) is 0.558. The number of aryl methyl sites for hydroxylation is 1. The lowest BCUT2D eigenvalue weighted by atomic mass is 10.1. The van der Waals surface area contributed by atoms with Crippen molar-refractivity contribution >= 4 is 44.8 Å². The van der Waals surface area contributed by atoms with Gasteiger partial charge < -0.3 is 5.32 Å². The summed E-state index contributed by atoms with van der Waals surface area (Å²) >= 11 is 5.95. The van der Waals surface area contributed by atoms with Crippen LogP contribution in [-0.4, -0.2) is 15.2 Å². The van der Waals surface area contributed by atoms with E-state index in [0.717, 1.165) is 43.9 Å². The molecule has 2 heterocycles. The number of rotatable bonds is 2. The molecule has 22 heavy (non-hydrogen) atoms. The molecule has 0 radical (unpaired) electrons. The number of aromatic nitrogens is 3. The first-order valence-electron chi connectivity index (χ1n) is 6.97. The van der Waals surface area contributed by atoms with E-state index in [1.165, 1.54) is 0 Å². The zero-order chi connectivity index (χ0) is 15.1. The minimum Gasteiger partial charge on any atom is -0.355 e. The Balaban J connectivity index is 1.94. The van der Waals surface area contributed by atoms with Crippen molar-refractivity contribution in [1.29, 1.82) is 0 Å². The second kappa shape index (κ2) is 5.00. The maximum absolute atomic E-state index is 5.95. The molecule has 0 fully saturated rings. The Morgan fingerprint density at radius 2 is 1.91 bits per heavy atom. The lowest BCUT2D eigenvalue weighted by molar-refractivity contribution is 1.12. The fourth-order valence-electron chi connectivity index (χ4n) is 2.66. The molecule has 0 unspecified atom stereocenters. The summed E-state index contributed by atoms with van der Waals surface area (Å²) in [5.41, 5.74) is 4.87. The molecule has 0 atom stereocenters. The van der Waals surface area contributed by atoms with Crippen LogP contribution >= 0.6 is 11.6 Å². The topological polar surface area (TPSA) is 53.6 Å². The highest BCUT2D eigenvalue weighted by molar-refractivity contribution is 6.30. The van der Waals surface area contributed by atoms with Crippen LogP contribution in [-0.2, 0) is 0 Å². The lowest BCUT2D eigenvalue weighted by Crippen LogP contribution is -1.95. The molecule has 0 amide bonds. The molecule has 0 aliphatic carbocycles. The van der Waals surface area contributed by atoms with E-state index in [1.807, 2.05) is 55.6 Å². The summed E-state index contributed by atoms with van der Waals surface area (Å²) in [5, 5.41) is 13.5. The minimum atomic E-state index is 0.720. The zero-order valence-corrected chi connectivity index (χ0v) is 12.6. The van der Waals surface area contributed by atoms with Gasteiger partial charge in [-0.2, -0.15) is 5.10 Å². The number of nitrogens with one attached hydrogen (secondary N) is 2. The molecule has 2 aromatic carbocycles. The minimum absolute atomic E-state index is 0.720. The summed E-state index contributed by atoms with van der Waals surface area (Å²) in [6, 6.07) is 13.7.